The van der Waals surface area contributed by atoms with Crippen LogP contribution in [0.3, 0.4) is 0 Å². The lowest BCUT2D eigenvalue weighted by Gasteiger charge is -2.30. The van der Waals surface area contributed by atoms with Gasteiger partial charge in [0.05, 0.1) is 19.0 Å². The number of hydrogen-bond acceptors (Lipinski definition) is 5. The minimum atomic E-state index is -0.0292. The molecule has 2 heterocycles. The molecule has 6 nitrogen and oxygen atoms in total. The van der Waals surface area contributed by atoms with Gasteiger partial charge in [-0.2, -0.15) is 5.26 Å². The zero-order valence-corrected chi connectivity index (χ0v) is 13.0. The van der Waals surface area contributed by atoms with E-state index in [0.717, 1.165) is 42.9 Å². The number of carbonyl (C=O) groups is 1. The van der Waals surface area contributed by atoms with Gasteiger partial charge < -0.3 is 9.73 Å². The fourth-order valence-electron chi connectivity index (χ4n) is 2.98. The molecule has 1 aromatic carbocycles. The van der Waals surface area contributed by atoms with Crippen molar-refractivity contribution in [2.75, 3.05) is 26.2 Å². The second-order valence-electron chi connectivity index (χ2n) is 5.85. The van der Waals surface area contributed by atoms with E-state index in [1.807, 2.05) is 30.3 Å². The Morgan fingerprint density at radius 3 is 3.17 bits per heavy atom. The Morgan fingerprint density at radius 2 is 2.35 bits per heavy atom. The van der Waals surface area contributed by atoms with Crippen molar-refractivity contribution in [3.8, 4) is 6.07 Å². The molecule has 120 valence electrons. The highest BCUT2D eigenvalue weighted by Crippen LogP contribution is 2.28. The van der Waals surface area contributed by atoms with Crippen molar-refractivity contribution in [1.29, 1.82) is 5.26 Å². The van der Waals surface area contributed by atoms with Gasteiger partial charge in [-0.15, -0.1) is 0 Å². The van der Waals surface area contributed by atoms with E-state index < -0.39 is 0 Å². The molecule has 0 radical (unpaired) electrons. The van der Waals surface area contributed by atoms with Gasteiger partial charge in [-0.1, -0.05) is 12.1 Å². The number of rotatable bonds is 5. The molecule has 23 heavy (non-hydrogen) atoms. The van der Waals surface area contributed by atoms with Crippen molar-refractivity contribution in [3.05, 3.63) is 30.2 Å². The topological polar surface area (TPSA) is 82.2 Å². The normalized spacial score (nSPS) is 18.7. The van der Waals surface area contributed by atoms with Gasteiger partial charge in [0.1, 0.15) is 5.52 Å². The highest BCUT2D eigenvalue weighted by atomic mass is 16.3. The van der Waals surface area contributed by atoms with Crippen molar-refractivity contribution >= 4 is 17.0 Å². The number of fused-ring (bicyclic) bond motifs is 1. The lowest BCUT2D eigenvalue weighted by molar-refractivity contribution is -0.122. The SMILES string of the molecule is N#CCCNC(=O)CN1CCC[C@@H](c2nc3ccccc3o2)C1. The third-order valence-electron chi connectivity index (χ3n) is 4.09. The summed E-state index contributed by atoms with van der Waals surface area (Å²) in [7, 11) is 0. The largest absolute Gasteiger partial charge is 0.440 e. The number of likely N-dealkylation sites (tertiary alicyclic amines) is 1. The number of nitrogens with one attached hydrogen (secondary N) is 1. The molecule has 3 rings (SSSR count). The maximum absolute atomic E-state index is 11.9. The number of oxazole rings is 1. The van der Waals surface area contributed by atoms with Gasteiger partial charge in [-0.05, 0) is 31.5 Å². The van der Waals surface area contributed by atoms with Crippen molar-refractivity contribution in [2.45, 2.75) is 25.2 Å². The molecule has 1 amide bonds. The Morgan fingerprint density at radius 1 is 1.48 bits per heavy atom. The number of piperidine rings is 1. The average molecular weight is 312 g/mol. The van der Waals surface area contributed by atoms with Crippen LogP contribution >= 0.6 is 0 Å². The molecule has 1 fully saturated rings. The first-order valence-corrected chi connectivity index (χ1v) is 7.98. The predicted molar refractivity (Wildman–Crippen MR) is 85.7 cm³/mol. The molecule has 1 saturated heterocycles. The van der Waals surface area contributed by atoms with Crippen LogP contribution in [0.15, 0.2) is 28.7 Å². The molecule has 6 heteroatoms. The first-order valence-electron chi connectivity index (χ1n) is 7.98. The first-order chi connectivity index (χ1) is 11.3. The number of amides is 1. The number of carbonyl (C=O) groups excluding carboxylic acids is 1. The van der Waals surface area contributed by atoms with E-state index in [1.165, 1.54) is 0 Å². The zero-order chi connectivity index (χ0) is 16.1. The molecule has 2 aromatic rings. The Bertz CT molecular complexity index is 686. The Labute approximate surface area is 135 Å². The summed E-state index contributed by atoms with van der Waals surface area (Å²) >= 11 is 0. The standard InChI is InChI=1S/C17H20N4O2/c18-8-4-9-19-16(22)12-21-10-3-5-13(11-21)17-20-14-6-1-2-7-15(14)23-17/h1-2,6-7,13H,3-5,9-12H2,(H,19,22)/t13-/m1/s1. The fraction of sp³-hybridized carbons (Fsp3) is 0.471. The van der Waals surface area contributed by atoms with Crippen LogP contribution in [-0.4, -0.2) is 42.0 Å². The van der Waals surface area contributed by atoms with Gasteiger partial charge in [-0.25, -0.2) is 4.98 Å². The van der Waals surface area contributed by atoms with Crippen molar-refractivity contribution < 1.29 is 9.21 Å². The molecule has 1 N–H and O–H groups in total. The quantitative estimate of drug-likeness (QED) is 0.854. The summed E-state index contributed by atoms with van der Waals surface area (Å²) in [6.07, 6.45) is 2.39. The van der Waals surface area contributed by atoms with Gasteiger partial charge in [0.25, 0.3) is 0 Å². The predicted octanol–water partition coefficient (Wildman–Crippen LogP) is 2.04. The molecular weight excluding hydrogens is 292 g/mol. The molecule has 0 aliphatic carbocycles. The van der Waals surface area contributed by atoms with Crippen molar-refractivity contribution in [3.63, 3.8) is 0 Å². The maximum atomic E-state index is 11.9. The van der Waals surface area contributed by atoms with Crippen LogP contribution in [0.5, 0.6) is 0 Å². The highest BCUT2D eigenvalue weighted by Gasteiger charge is 2.26. The Kier molecular flexibility index (Phi) is 4.89. The van der Waals surface area contributed by atoms with Crippen molar-refractivity contribution in [1.82, 2.24) is 15.2 Å². The molecule has 1 atom stereocenters. The third-order valence-corrected chi connectivity index (χ3v) is 4.09. The van der Waals surface area contributed by atoms with Gasteiger partial charge in [0.15, 0.2) is 11.5 Å². The van der Waals surface area contributed by atoms with Crippen LogP contribution in [0.1, 0.15) is 31.1 Å². The molecule has 0 unspecified atom stereocenters. The van der Waals surface area contributed by atoms with Gasteiger partial charge in [0.2, 0.25) is 5.91 Å². The second-order valence-corrected chi connectivity index (χ2v) is 5.85. The third kappa shape index (κ3) is 3.88. The first kappa shape index (κ1) is 15.5. The molecule has 0 bridgehead atoms. The van der Waals surface area contributed by atoms with Gasteiger partial charge in [-0.3, -0.25) is 9.69 Å². The number of aromatic nitrogens is 1. The zero-order valence-electron chi connectivity index (χ0n) is 13.0. The van der Waals surface area contributed by atoms with Gasteiger partial charge >= 0.3 is 0 Å². The second kappa shape index (κ2) is 7.25. The van der Waals surface area contributed by atoms with Crippen LogP contribution in [-0.2, 0) is 4.79 Å². The minimum Gasteiger partial charge on any atom is -0.440 e. The average Bonchev–Trinajstić information content (AvgIpc) is 2.99. The summed E-state index contributed by atoms with van der Waals surface area (Å²) in [6, 6.07) is 9.79. The number of nitrogens with zero attached hydrogens (tertiary/aromatic N) is 3. The molecular formula is C17H20N4O2. The Hall–Kier alpha value is -2.39. The lowest BCUT2D eigenvalue weighted by atomic mass is 9.98. The summed E-state index contributed by atoms with van der Waals surface area (Å²) in [5.74, 6) is 0.960. The van der Waals surface area contributed by atoms with Crippen LogP contribution < -0.4 is 5.32 Å². The maximum Gasteiger partial charge on any atom is 0.234 e. The monoisotopic (exact) mass is 312 g/mol. The lowest BCUT2D eigenvalue weighted by Crippen LogP contribution is -2.42. The van der Waals surface area contributed by atoms with E-state index in [2.05, 4.69) is 15.2 Å². The molecule has 1 aliphatic rings. The number of benzene rings is 1. The number of para-hydroxylation sites is 2. The smallest absolute Gasteiger partial charge is 0.234 e. The molecule has 1 aromatic heterocycles. The van der Waals surface area contributed by atoms with Crippen LogP contribution in [0.4, 0.5) is 0 Å². The van der Waals surface area contributed by atoms with Crippen LogP contribution in [0.2, 0.25) is 0 Å². The summed E-state index contributed by atoms with van der Waals surface area (Å²) < 4.78 is 5.87. The van der Waals surface area contributed by atoms with Crippen LogP contribution in [0, 0.1) is 11.3 Å². The summed E-state index contributed by atoms with van der Waals surface area (Å²) in [6.45, 7) is 2.46. The van der Waals surface area contributed by atoms with E-state index in [-0.39, 0.29) is 11.8 Å². The molecule has 0 spiro atoms. The summed E-state index contributed by atoms with van der Waals surface area (Å²) in [5.41, 5.74) is 1.70. The van der Waals surface area contributed by atoms with E-state index >= 15 is 0 Å². The Balaban J connectivity index is 1.59. The summed E-state index contributed by atoms with van der Waals surface area (Å²) in [4.78, 5) is 18.6. The number of nitriles is 1. The fourth-order valence-corrected chi connectivity index (χ4v) is 2.98. The van der Waals surface area contributed by atoms with Crippen LogP contribution in [0.25, 0.3) is 11.1 Å². The van der Waals surface area contributed by atoms with Crippen molar-refractivity contribution in [2.24, 2.45) is 0 Å². The van der Waals surface area contributed by atoms with E-state index in [9.17, 15) is 4.79 Å². The summed E-state index contributed by atoms with van der Waals surface area (Å²) in [5, 5.41) is 11.3. The van der Waals surface area contributed by atoms with E-state index in [1.54, 1.807) is 0 Å². The van der Waals surface area contributed by atoms with E-state index in [0.29, 0.717) is 19.5 Å². The van der Waals surface area contributed by atoms with Gasteiger partial charge in [0, 0.05) is 19.0 Å². The number of hydrogen-bond donors (Lipinski definition) is 1. The highest BCUT2D eigenvalue weighted by molar-refractivity contribution is 5.78. The molecule has 0 saturated carbocycles. The molecule has 1 aliphatic heterocycles. The van der Waals surface area contributed by atoms with E-state index in [4.69, 9.17) is 9.68 Å². The minimum absolute atomic E-state index is 0.0292.